The lowest BCUT2D eigenvalue weighted by Crippen LogP contribution is -2.25. The number of amides is 1. The number of benzene rings is 1. The summed E-state index contributed by atoms with van der Waals surface area (Å²) < 4.78 is 1.80. The molecule has 3 aromatic rings. The molecule has 0 bridgehead atoms. The van der Waals surface area contributed by atoms with E-state index in [0.717, 1.165) is 29.0 Å². The fourth-order valence-corrected chi connectivity index (χ4v) is 3.07. The van der Waals surface area contributed by atoms with Crippen LogP contribution in [0, 0.1) is 5.92 Å². The quantitative estimate of drug-likeness (QED) is 0.319. The molecule has 0 spiro atoms. The van der Waals surface area contributed by atoms with E-state index in [-0.39, 0.29) is 5.91 Å². The van der Waals surface area contributed by atoms with E-state index in [0.29, 0.717) is 24.2 Å². The van der Waals surface area contributed by atoms with Crippen molar-refractivity contribution in [2.45, 2.75) is 25.5 Å². The Bertz CT molecular complexity index is 984. The van der Waals surface area contributed by atoms with Gasteiger partial charge in [-0.05, 0) is 23.8 Å². The summed E-state index contributed by atoms with van der Waals surface area (Å²) in [5.41, 5.74) is 1.76. The lowest BCUT2D eigenvalue weighted by molar-refractivity contribution is -0.116. The number of aromatic nitrogens is 4. The van der Waals surface area contributed by atoms with Gasteiger partial charge in [0, 0.05) is 19.2 Å². The minimum absolute atomic E-state index is 0.135. The molecule has 0 radical (unpaired) electrons. The van der Waals surface area contributed by atoms with Crippen LogP contribution >= 0.6 is 11.8 Å². The molecule has 0 aliphatic rings. The Hall–Kier alpha value is -2.87. The van der Waals surface area contributed by atoms with Crippen LogP contribution < -0.4 is 10.6 Å². The number of hydrogen-bond acceptors (Lipinski definition) is 6. The van der Waals surface area contributed by atoms with Crippen LogP contribution in [-0.4, -0.2) is 45.0 Å². The zero-order valence-electron chi connectivity index (χ0n) is 16.9. The topological polar surface area (TPSA) is 84.7 Å². The normalized spacial score (nSPS) is 11.4. The number of nitrogens with zero attached hydrogens (tertiary/aromatic N) is 4. The van der Waals surface area contributed by atoms with Crippen LogP contribution in [-0.2, 0) is 11.3 Å². The van der Waals surface area contributed by atoms with Crippen molar-refractivity contribution in [1.29, 1.82) is 0 Å². The van der Waals surface area contributed by atoms with Crippen LogP contribution in [0.4, 0.5) is 5.82 Å². The van der Waals surface area contributed by atoms with Crippen molar-refractivity contribution >= 4 is 40.6 Å². The van der Waals surface area contributed by atoms with Gasteiger partial charge in [-0.1, -0.05) is 55.9 Å². The van der Waals surface area contributed by atoms with Gasteiger partial charge in [0.25, 0.3) is 0 Å². The van der Waals surface area contributed by atoms with Gasteiger partial charge in [0.15, 0.2) is 10.8 Å². The van der Waals surface area contributed by atoms with Crippen molar-refractivity contribution in [3.8, 4) is 0 Å². The molecule has 0 atom stereocenters. The van der Waals surface area contributed by atoms with Crippen LogP contribution in [0.15, 0.2) is 47.8 Å². The van der Waals surface area contributed by atoms with Gasteiger partial charge in [-0.15, -0.1) is 0 Å². The first-order valence-electron chi connectivity index (χ1n) is 9.59. The van der Waals surface area contributed by atoms with Crippen molar-refractivity contribution < 1.29 is 4.79 Å². The summed E-state index contributed by atoms with van der Waals surface area (Å²) in [5, 5.41) is 12.3. The lowest BCUT2D eigenvalue weighted by Gasteiger charge is -2.10. The van der Waals surface area contributed by atoms with Gasteiger partial charge in [0.1, 0.15) is 5.82 Å². The Balaban J connectivity index is 1.65. The highest BCUT2D eigenvalue weighted by molar-refractivity contribution is 7.98. The summed E-state index contributed by atoms with van der Waals surface area (Å²) >= 11 is 1.50. The van der Waals surface area contributed by atoms with Crippen LogP contribution in [0.5, 0.6) is 0 Å². The molecule has 0 fully saturated rings. The van der Waals surface area contributed by atoms with E-state index in [1.165, 1.54) is 11.8 Å². The highest BCUT2D eigenvalue weighted by Gasteiger charge is 2.13. The molecule has 1 amide bonds. The van der Waals surface area contributed by atoms with Crippen LogP contribution in [0.1, 0.15) is 19.4 Å². The Morgan fingerprint density at radius 2 is 2.03 bits per heavy atom. The van der Waals surface area contributed by atoms with E-state index in [4.69, 9.17) is 0 Å². The predicted molar refractivity (Wildman–Crippen MR) is 119 cm³/mol. The molecule has 1 aromatic carbocycles. The number of thioether (sulfide) groups is 1. The minimum atomic E-state index is -0.135. The number of hydrogen-bond donors (Lipinski definition) is 2. The van der Waals surface area contributed by atoms with Gasteiger partial charge in [-0.2, -0.15) is 5.10 Å². The molecule has 0 saturated carbocycles. The van der Waals surface area contributed by atoms with Gasteiger partial charge in [0.2, 0.25) is 5.91 Å². The van der Waals surface area contributed by atoms with E-state index < -0.39 is 0 Å². The Morgan fingerprint density at radius 1 is 1.24 bits per heavy atom. The average molecular weight is 411 g/mol. The van der Waals surface area contributed by atoms with E-state index in [9.17, 15) is 4.79 Å². The fraction of sp³-hybridized carbons (Fsp3) is 0.333. The molecule has 0 aliphatic heterocycles. The molecule has 7 nitrogen and oxygen atoms in total. The molecular weight excluding hydrogens is 384 g/mol. The first-order valence-corrected chi connectivity index (χ1v) is 10.8. The second-order valence-electron chi connectivity index (χ2n) is 6.97. The summed E-state index contributed by atoms with van der Waals surface area (Å²) in [4.78, 5) is 21.2. The third-order valence-corrected chi connectivity index (χ3v) is 4.73. The Morgan fingerprint density at radius 3 is 2.76 bits per heavy atom. The highest BCUT2D eigenvalue weighted by Crippen LogP contribution is 2.23. The summed E-state index contributed by atoms with van der Waals surface area (Å²) in [7, 11) is 0. The summed E-state index contributed by atoms with van der Waals surface area (Å²) in [6, 6.07) is 9.73. The van der Waals surface area contributed by atoms with E-state index in [1.807, 2.05) is 36.6 Å². The standard InChI is InChI=1S/C21H26N6OS/c1-15(2)13-23-19-17-14-24-27(20(17)26-21(25-19)29-3)12-11-22-18(28)10-9-16-7-5-4-6-8-16/h4-10,14-15H,11-13H2,1-3H3,(H,22,28)(H,23,25,26)/b10-9-. The fourth-order valence-electron chi connectivity index (χ4n) is 2.71. The third kappa shape index (κ3) is 5.80. The average Bonchev–Trinajstić information content (AvgIpc) is 3.14. The predicted octanol–water partition coefficient (Wildman–Crippen LogP) is 3.45. The number of carbonyl (C=O) groups excluding carboxylic acids is 1. The maximum absolute atomic E-state index is 12.0. The monoisotopic (exact) mass is 410 g/mol. The number of anilines is 1. The van der Waals surface area contributed by atoms with Crippen molar-refractivity contribution in [3.63, 3.8) is 0 Å². The van der Waals surface area contributed by atoms with Crippen LogP contribution in [0.25, 0.3) is 17.1 Å². The SMILES string of the molecule is CSc1nc(NCC(C)C)c2cnn(CCNC(=O)/C=C\c3ccccc3)c2n1. The molecular formula is C21H26N6OS. The van der Waals surface area contributed by atoms with Crippen LogP contribution in [0.2, 0.25) is 0 Å². The second-order valence-corrected chi connectivity index (χ2v) is 7.75. The molecule has 2 heterocycles. The highest BCUT2D eigenvalue weighted by atomic mass is 32.2. The largest absolute Gasteiger partial charge is 0.369 e. The lowest BCUT2D eigenvalue weighted by atomic mass is 10.2. The maximum atomic E-state index is 12.0. The van der Waals surface area contributed by atoms with Crippen molar-refractivity contribution in [2.75, 3.05) is 24.7 Å². The molecule has 3 rings (SSSR count). The summed E-state index contributed by atoms with van der Waals surface area (Å²) in [6.45, 7) is 6.12. The molecule has 29 heavy (non-hydrogen) atoms. The van der Waals surface area contributed by atoms with Gasteiger partial charge >= 0.3 is 0 Å². The van der Waals surface area contributed by atoms with Gasteiger partial charge in [-0.3, -0.25) is 4.79 Å². The number of fused-ring (bicyclic) bond motifs is 1. The van der Waals surface area contributed by atoms with Gasteiger partial charge in [0.05, 0.1) is 18.1 Å². The third-order valence-electron chi connectivity index (χ3n) is 4.19. The minimum Gasteiger partial charge on any atom is -0.369 e. The molecule has 0 saturated heterocycles. The molecule has 2 N–H and O–H groups in total. The Kier molecular flexibility index (Phi) is 7.24. The maximum Gasteiger partial charge on any atom is 0.244 e. The molecule has 152 valence electrons. The van der Waals surface area contributed by atoms with Crippen LogP contribution in [0.3, 0.4) is 0 Å². The number of nitrogens with one attached hydrogen (secondary N) is 2. The molecule has 2 aromatic heterocycles. The van der Waals surface area contributed by atoms with Crippen molar-refractivity contribution in [1.82, 2.24) is 25.1 Å². The zero-order chi connectivity index (χ0) is 20.6. The first-order chi connectivity index (χ1) is 14.1. The second kappa shape index (κ2) is 10.1. The molecule has 0 aliphatic carbocycles. The molecule has 8 heteroatoms. The zero-order valence-corrected chi connectivity index (χ0v) is 17.7. The van der Waals surface area contributed by atoms with Crippen molar-refractivity contribution in [3.05, 3.63) is 48.2 Å². The number of carbonyl (C=O) groups is 1. The van der Waals surface area contributed by atoms with E-state index in [2.05, 4.69) is 39.5 Å². The van der Waals surface area contributed by atoms with Gasteiger partial charge in [-0.25, -0.2) is 14.6 Å². The molecule has 0 unspecified atom stereocenters. The Labute approximate surface area is 175 Å². The first kappa shape index (κ1) is 20.9. The van der Waals surface area contributed by atoms with Crippen molar-refractivity contribution in [2.24, 2.45) is 5.92 Å². The number of rotatable bonds is 9. The van der Waals surface area contributed by atoms with Gasteiger partial charge < -0.3 is 10.6 Å². The summed E-state index contributed by atoms with van der Waals surface area (Å²) in [5.74, 6) is 1.17. The summed E-state index contributed by atoms with van der Waals surface area (Å²) in [6.07, 6.45) is 7.06. The smallest absolute Gasteiger partial charge is 0.244 e. The van der Waals surface area contributed by atoms with E-state index >= 15 is 0 Å². The van der Waals surface area contributed by atoms with E-state index in [1.54, 1.807) is 23.0 Å².